The van der Waals surface area contributed by atoms with Crippen molar-refractivity contribution in [1.29, 1.82) is 0 Å². The highest BCUT2D eigenvalue weighted by Crippen LogP contribution is 2.23. The molecular formula is C15H25N3O2S. The zero-order valence-corrected chi connectivity index (χ0v) is 13.6. The molecule has 6 heteroatoms. The van der Waals surface area contributed by atoms with Crippen molar-refractivity contribution in [2.24, 2.45) is 5.92 Å². The smallest absolute Gasteiger partial charge is 0.211 e. The molecule has 1 aliphatic rings. The lowest BCUT2D eigenvalue weighted by Crippen LogP contribution is -2.41. The quantitative estimate of drug-likeness (QED) is 0.859. The van der Waals surface area contributed by atoms with Gasteiger partial charge in [0.15, 0.2) is 0 Å². The van der Waals surface area contributed by atoms with Crippen LogP contribution in [0.2, 0.25) is 0 Å². The predicted molar refractivity (Wildman–Crippen MR) is 84.5 cm³/mol. The molecule has 1 N–H and O–H groups in total. The molecule has 2 atom stereocenters. The summed E-state index contributed by atoms with van der Waals surface area (Å²) >= 11 is 0. The normalized spacial score (nSPS) is 22.1. The molecule has 0 saturated carbocycles. The number of rotatable bonds is 6. The number of hydrogen-bond acceptors (Lipinski definition) is 4. The number of piperidine rings is 1. The molecule has 118 valence electrons. The van der Waals surface area contributed by atoms with Gasteiger partial charge in [-0.3, -0.25) is 4.98 Å². The highest BCUT2D eigenvalue weighted by atomic mass is 32.2. The number of likely N-dealkylation sites (N-methyl/N-ethyl adjacent to an activating group) is 1. The van der Waals surface area contributed by atoms with Gasteiger partial charge in [0.05, 0.1) is 6.26 Å². The molecule has 0 aliphatic carbocycles. The summed E-state index contributed by atoms with van der Waals surface area (Å²) in [5.74, 6) is 0.433. The molecule has 2 rings (SSSR count). The minimum absolute atomic E-state index is 0.360. The summed E-state index contributed by atoms with van der Waals surface area (Å²) in [6.07, 6.45) is 8.98. The maximum absolute atomic E-state index is 11.7. The average Bonchev–Trinajstić information content (AvgIpc) is 2.47. The molecule has 0 spiro atoms. The van der Waals surface area contributed by atoms with Gasteiger partial charge in [-0.2, -0.15) is 0 Å². The maximum Gasteiger partial charge on any atom is 0.211 e. The molecule has 5 nitrogen and oxygen atoms in total. The van der Waals surface area contributed by atoms with Crippen LogP contribution in [-0.4, -0.2) is 50.1 Å². The SMILES string of the molecule is CNC(Cc1cccnc1)CC1CCCN(S(C)(=O)=O)C1. The van der Waals surface area contributed by atoms with Crippen LogP contribution in [0.4, 0.5) is 0 Å². The number of nitrogens with zero attached hydrogens (tertiary/aromatic N) is 2. The van der Waals surface area contributed by atoms with Crippen LogP contribution in [0.1, 0.15) is 24.8 Å². The predicted octanol–water partition coefficient (Wildman–Crippen LogP) is 1.27. The third-order valence-electron chi connectivity index (χ3n) is 4.18. The van der Waals surface area contributed by atoms with Gasteiger partial charge >= 0.3 is 0 Å². The third-order valence-corrected chi connectivity index (χ3v) is 5.45. The maximum atomic E-state index is 11.7. The highest BCUT2D eigenvalue weighted by molar-refractivity contribution is 7.88. The van der Waals surface area contributed by atoms with Gasteiger partial charge in [0.25, 0.3) is 0 Å². The van der Waals surface area contributed by atoms with Crippen LogP contribution in [0.25, 0.3) is 0 Å². The Morgan fingerprint density at radius 3 is 2.95 bits per heavy atom. The van der Waals surface area contributed by atoms with Gasteiger partial charge in [-0.15, -0.1) is 0 Å². The van der Waals surface area contributed by atoms with Crippen LogP contribution in [0.15, 0.2) is 24.5 Å². The zero-order valence-electron chi connectivity index (χ0n) is 12.8. The lowest BCUT2D eigenvalue weighted by Gasteiger charge is -2.33. The molecule has 2 heterocycles. The fraction of sp³-hybridized carbons (Fsp3) is 0.667. The van der Waals surface area contributed by atoms with Gasteiger partial charge in [-0.25, -0.2) is 12.7 Å². The Bertz CT molecular complexity index is 533. The Hall–Kier alpha value is -0.980. The molecule has 2 unspecified atom stereocenters. The summed E-state index contributed by atoms with van der Waals surface area (Å²) in [7, 11) is -1.09. The number of aromatic nitrogens is 1. The van der Waals surface area contributed by atoms with Crippen LogP contribution in [0, 0.1) is 5.92 Å². The number of sulfonamides is 1. The van der Waals surface area contributed by atoms with Crippen molar-refractivity contribution < 1.29 is 8.42 Å². The molecule has 0 radical (unpaired) electrons. The molecule has 0 bridgehead atoms. The molecule has 0 aromatic carbocycles. The number of pyridine rings is 1. The highest BCUT2D eigenvalue weighted by Gasteiger charge is 2.27. The van der Waals surface area contributed by atoms with Crippen molar-refractivity contribution in [3.8, 4) is 0 Å². The van der Waals surface area contributed by atoms with Gasteiger partial charge in [-0.05, 0) is 50.3 Å². The average molecular weight is 311 g/mol. The van der Waals surface area contributed by atoms with E-state index in [1.807, 2.05) is 19.3 Å². The minimum Gasteiger partial charge on any atom is -0.317 e. The molecule has 1 aliphatic heterocycles. The second kappa shape index (κ2) is 7.33. The molecule has 1 saturated heterocycles. The lowest BCUT2D eigenvalue weighted by atomic mass is 9.90. The van der Waals surface area contributed by atoms with Crippen molar-refractivity contribution in [3.63, 3.8) is 0 Å². The summed E-state index contributed by atoms with van der Waals surface area (Å²) < 4.78 is 25.0. The van der Waals surface area contributed by atoms with Crippen LogP contribution in [0.3, 0.4) is 0 Å². The number of nitrogens with one attached hydrogen (secondary N) is 1. The van der Waals surface area contributed by atoms with Gasteiger partial charge in [0, 0.05) is 31.5 Å². The molecule has 1 aromatic heterocycles. The van der Waals surface area contributed by atoms with Crippen LogP contribution >= 0.6 is 0 Å². The topological polar surface area (TPSA) is 62.3 Å². The summed E-state index contributed by atoms with van der Waals surface area (Å²) in [6.45, 7) is 1.33. The van der Waals surface area contributed by atoms with E-state index in [9.17, 15) is 8.42 Å². The Labute approximate surface area is 127 Å². The summed E-state index contributed by atoms with van der Waals surface area (Å²) in [5.41, 5.74) is 1.22. The lowest BCUT2D eigenvalue weighted by molar-refractivity contribution is 0.239. The van der Waals surface area contributed by atoms with E-state index in [1.54, 1.807) is 10.5 Å². The fourth-order valence-corrected chi connectivity index (χ4v) is 3.97. The molecule has 1 aromatic rings. The Morgan fingerprint density at radius 2 is 2.33 bits per heavy atom. The van der Waals surface area contributed by atoms with Gasteiger partial charge in [-0.1, -0.05) is 6.07 Å². The molecule has 0 amide bonds. The van der Waals surface area contributed by atoms with Gasteiger partial charge < -0.3 is 5.32 Å². The van der Waals surface area contributed by atoms with E-state index < -0.39 is 10.0 Å². The van der Waals surface area contributed by atoms with Crippen LogP contribution in [0.5, 0.6) is 0 Å². The third kappa shape index (κ3) is 5.05. The largest absolute Gasteiger partial charge is 0.317 e. The van der Waals surface area contributed by atoms with Crippen molar-refractivity contribution in [2.75, 3.05) is 26.4 Å². The molecule has 21 heavy (non-hydrogen) atoms. The Kier molecular flexibility index (Phi) is 5.72. The second-order valence-electron chi connectivity index (χ2n) is 5.92. The van der Waals surface area contributed by atoms with Crippen LogP contribution < -0.4 is 5.32 Å². The van der Waals surface area contributed by atoms with Crippen molar-refractivity contribution >= 4 is 10.0 Å². The van der Waals surface area contributed by atoms with Crippen LogP contribution in [-0.2, 0) is 16.4 Å². The van der Waals surface area contributed by atoms with E-state index in [4.69, 9.17) is 0 Å². The second-order valence-corrected chi connectivity index (χ2v) is 7.90. The Balaban J connectivity index is 1.92. The first-order valence-electron chi connectivity index (χ1n) is 7.50. The summed E-state index contributed by atoms with van der Waals surface area (Å²) in [5, 5.41) is 3.36. The fourth-order valence-electron chi connectivity index (χ4n) is 3.03. The van der Waals surface area contributed by atoms with E-state index in [1.165, 1.54) is 11.8 Å². The number of hydrogen-bond donors (Lipinski definition) is 1. The van der Waals surface area contributed by atoms with E-state index in [2.05, 4.69) is 16.4 Å². The van der Waals surface area contributed by atoms with Gasteiger partial charge in [0.2, 0.25) is 10.0 Å². The minimum atomic E-state index is -3.06. The summed E-state index contributed by atoms with van der Waals surface area (Å²) in [6, 6.07) is 4.40. The van der Waals surface area contributed by atoms with E-state index in [0.717, 1.165) is 25.7 Å². The molecule has 1 fully saturated rings. The van der Waals surface area contributed by atoms with E-state index >= 15 is 0 Å². The van der Waals surface area contributed by atoms with E-state index in [-0.39, 0.29) is 0 Å². The Morgan fingerprint density at radius 1 is 1.52 bits per heavy atom. The first-order valence-corrected chi connectivity index (χ1v) is 9.35. The van der Waals surface area contributed by atoms with Crippen molar-refractivity contribution in [1.82, 2.24) is 14.6 Å². The van der Waals surface area contributed by atoms with Crippen molar-refractivity contribution in [3.05, 3.63) is 30.1 Å². The van der Waals surface area contributed by atoms with Crippen molar-refractivity contribution in [2.45, 2.75) is 31.7 Å². The van der Waals surface area contributed by atoms with E-state index in [0.29, 0.717) is 25.0 Å². The first-order chi connectivity index (χ1) is 9.99. The zero-order chi connectivity index (χ0) is 15.3. The monoisotopic (exact) mass is 311 g/mol. The standard InChI is InChI=1S/C15H25N3O2S/c1-16-15(9-13-5-3-7-17-11-13)10-14-6-4-8-18(12-14)21(2,19)20/h3,5,7,11,14-16H,4,6,8-10,12H2,1-2H3. The van der Waals surface area contributed by atoms with Gasteiger partial charge in [0.1, 0.15) is 0 Å². The molecular weight excluding hydrogens is 286 g/mol. The summed E-state index contributed by atoms with van der Waals surface area (Å²) in [4.78, 5) is 4.15. The first kappa shape index (κ1) is 16.4.